The Bertz CT molecular complexity index is 630. The molecule has 30 heavy (non-hydrogen) atoms. The van der Waals surface area contributed by atoms with Crippen molar-refractivity contribution >= 4 is 13.7 Å². The number of phosphoric acid groups is 1. The van der Waals surface area contributed by atoms with E-state index in [1.54, 1.807) is 0 Å². The summed E-state index contributed by atoms with van der Waals surface area (Å²) in [6.07, 6.45) is -15.3. The van der Waals surface area contributed by atoms with Crippen LogP contribution in [0.2, 0.25) is 0 Å². The maximum atomic E-state index is 11.3. The van der Waals surface area contributed by atoms with Crippen LogP contribution < -0.4 is 5.32 Å². The minimum absolute atomic E-state index is 0.620. The monoisotopic (exact) mass is 463 g/mol. The normalized spacial score (nSPS) is 42.7. The highest BCUT2D eigenvalue weighted by Gasteiger charge is 2.52. The van der Waals surface area contributed by atoms with Crippen LogP contribution >= 0.6 is 7.82 Å². The Morgan fingerprint density at radius 1 is 0.967 bits per heavy atom. The van der Waals surface area contributed by atoms with Gasteiger partial charge in [-0.25, -0.2) is 4.57 Å². The zero-order valence-corrected chi connectivity index (χ0v) is 16.6. The average molecular weight is 463 g/mol. The van der Waals surface area contributed by atoms with Gasteiger partial charge in [0.15, 0.2) is 12.6 Å². The Labute approximate surface area is 170 Å². The summed E-state index contributed by atoms with van der Waals surface area (Å²) in [6, 6.07) is -1.37. The molecule has 2 saturated heterocycles. The molecule has 2 heterocycles. The predicted molar refractivity (Wildman–Crippen MR) is 91.1 cm³/mol. The van der Waals surface area contributed by atoms with Crippen molar-refractivity contribution in [3.8, 4) is 0 Å². The highest BCUT2D eigenvalue weighted by molar-refractivity contribution is 7.46. The first-order chi connectivity index (χ1) is 13.9. The van der Waals surface area contributed by atoms with Crippen molar-refractivity contribution in [3.63, 3.8) is 0 Å². The van der Waals surface area contributed by atoms with Crippen molar-refractivity contribution < 1.29 is 68.5 Å². The number of aliphatic hydroxyl groups is 6. The van der Waals surface area contributed by atoms with Crippen LogP contribution in [0.5, 0.6) is 0 Å². The van der Waals surface area contributed by atoms with Crippen LogP contribution in [0.4, 0.5) is 0 Å². The molecule has 0 bridgehead atoms. The van der Waals surface area contributed by atoms with Gasteiger partial charge < -0.3 is 60.0 Å². The highest BCUT2D eigenvalue weighted by Crippen LogP contribution is 2.41. The van der Waals surface area contributed by atoms with Gasteiger partial charge in [0.25, 0.3) is 0 Å². The standard InChI is InChI=1S/C14H26NO14P/c1-4(18)15-7-8(19)11(5(2-16)26-13(7)22)28-14-10(21)9(20)12(6(3-17)27-14)29-30(23,24)25/h5-14,16-17,19-22H,2-3H2,1H3,(H,15,18)(H2,23,24,25)/t5-,6-,7-,8-,9-,10-,11-,12+,13-,14+/m1/s1. The molecule has 0 spiro atoms. The van der Waals surface area contributed by atoms with Gasteiger partial charge in [0.1, 0.15) is 48.8 Å². The SMILES string of the molecule is CC(=O)N[C@@H]1[C@@H](O)[C@H](O[C@@H]2O[C@H](CO)[C@H](OP(=O)(O)O)[C@H](O)[C@H]2O)[C@@H](CO)O[C@H]1O. The van der Waals surface area contributed by atoms with Crippen LogP contribution in [-0.2, 0) is 28.1 Å². The lowest BCUT2D eigenvalue weighted by Crippen LogP contribution is -2.67. The first-order valence-electron chi connectivity index (χ1n) is 8.81. The molecule has 0 aliphatic carbocycles. The lowest BCUT2D eigenvalue weighted by molar-refractivity contribution is -0.343. The smallest absolute Gasteiger partial charge is 0.394 e. The number of amides is 1. The van der Waals surface area contributed by atoms with Gasteiger partial charge in [-0.2, -0.15) is 0 Å². The second-order valence-corrected chi connectivity index (χ2v) is 8.02. The number of nitrogens with one attached hydrogen (secondary N) is 1. The van der Waals surface area contributed by atoms with Gasteiger partial charge in [-0.05, 0) is 0 Å². The summed E-state index contributed by atoms with van der Waals surface area (Å²) >= 11 is 0. The maximum absolute atomic E-state index is 11.3. The molecule has 0 aromatic carbocycles. The molecule has 0 radical (unpaired) electrons. The van der Waals surface area contributed by atoms with Gasteiger partial charge >= 0.3 is 7.82 Å². The van der Waals surface area contributed by atoms with E-state index in [9.17, 15) is 40.0 Å². The first-order valence-corrected chi connectivity index (χ1v) is 10.3. The van der Waals surface area contributed by atoms with Crippen LogP contribution in [0.1, 0.15) is 6.92 Å². The Morgan fingerprint density at radius 3 is 2.03 bits per heavy atom. The number of hydrogen-bond acceptors (Lipinski definition) is 12. The van der Waals surface area contributed by atoms with E-state index in [-0.39, 0.29) is 0 Å². The van der Waals surface area contributed by atoms with E-state index in [1.165, 1.54) is 0 Å². The number of ether oxygens (including phenoxy) is 3. The number of carbonyl (C=O) groups is 1. The summed E-state index contributed by atoms with van der Waals surface area (Å²) in [5.74, 6) is -0.620. The van der Waals surface area contributed by atoms with Gasteiger partial charge in [-0.3, -0.25) is 9.32 Å². The number of aliphatic hydroxyl groups excluding tert-OH is 6. The van der Waals surface area contributed by atoms with Crippen molar-refractivity contribution in [2.45, 2.75) is 68.3 Å². The zero-order chi connectivity index (χ0) is 22.8. The van der Waals surface area contributed by atoms with Gasteiger partial charge in [0.2, 0.25) is 5.91 Å². The molecule has 2 fully saturated rings. The average Bonchev–Trinajstić information content (AvgIpc) is 2.65. The molecule has 1 amide bonds. The van der Waals surface area contributed by atoms with Gasteiger partial charge in [0, 0.05) is 6.92 Å². The molecule has 2 rings (SSSR count). The number of carbonyl (C=O) groups excluding carboxylic acids is 1. The Hall–Kier alpha value is -0.780. The van der Waals surface area contributed by atoms with Crippen molar-refractivity contribution in [2.75, 3.05) is 13.2 Å². The molecule has 9 N–H and O–H groups in total. The maximum Gasteiger partial charge on any atom is 0.470 e. The molecule has 0 aromatic heterocycles. The third-order valence-corrected chi connectivity index (χ3v) is 5.13. The number of hydrogen-bond donors (Lipinski definition) is 9. The summed E-state index contributed by atoms with van der Waals surface area (Å²) in [7, 11) is -5.12. The van der Waals surface area contributed by atoms with E-state index in [2.05, 4.69) is 9.84 Å². The third kappa shape index (κ3) is 5.92. The van der Waals surface area contributed by atoms with Crippen molar-refractivity contribution in [2.24, 2.45) is 0 Å². The topological polar surface area (TPSA) is 245 Å². The lowest BCUT2D eigenvalue weighted by atomic mass is 9.95. The Balaban J connectivity index is 2.19. The van der Waals surface area contributed by atoms with E-state index < -0.39 is 88.3 Å². The molecule has 15 nitrogen and oxygen atoms in total. The zero-order valence-electron chi connectivity index (χ0n) is 15.7. The molecule has 0 saturated carbocycles. The Morgan fingerprint density at radius 2 is 1.53 bits per heavy atom. The lowest BCUT2D eigenvalue weighted by Gasteiger charge is -2.46. The molecule has 176 valence electrons. The second-order valence-electron chi connectivity index (χ2n) is 6.83. The van der Waals surface area contributed by atoms with E-state index in [0.717, 1.165) is 6.92 Å². The molecule has 0 unspecified atom stereocenters. The minimum atomic E-state index is -5.12. The third-order valence-electron chi connectivity index (χ3n) is 4.61. The largest absolute Gasteiger partial charge is 0.470 e. The predicted octanol–water partition coefficient (Wildman–Crippen LogP) is -5.14. The van der Waals surface area contributed by atoms with Gasteiger partial charge in [-0.1, -0.05) is 0 Å². The van der Waals surface area contributed by atoms with Crippen LogP contribution in [0.25, 0.3) is 0 Å². The summed E-state index contributed by atoms with van der Waals surface area (Å²) in [6.45, 7) is -0.538. The number of phosphoric ester groups is 1. The molecular weight excluding hydrogens is 437 g/mol. The first kappa shape index (κ1) is 25.5. The van der Waals surface area contributed by atoms with Gasteiger partial charge in [-0.15, -0.1) is 0 Å². The summed E-state index contributed by atoms with van der Waals surface area (Å²) in [5, 5.41) is 61.9. The van der Waals surface area contributed by atoms with Crippen molar-refractivity contribution in [3.05, 3.63) is 0 Å². The quantitative estimate of drug-likeness (QED) is 0.160. The molecule has 2 aliphatic heterocycles. The van der Waals surface area contributed by atoms with E-state index in [1.807, 2.05) is 0 Å². The Kier molecular flexibility index (Phi) is 8.68. The van der Waals surface area contributed by atoms with Gasteiger partial charge in [0.05, 0.1) is 13.2 Å². The molecule has 2 aliphatic rings. The van der Waals surface area contributed by atoms with E-state index in [0.29, 0.717) is 0 Å². The van der Waals surface area contributed by atoms with E-state index in [4.69, 9.17) is 24.0 Å². The van der Waals surface area contributed by atoms with Crippen LogP contribution in [0, 0.1) is 0 Å². The summed E-state index contributed by atoms with van der Waals surface area (Å²) in [5.41, 5.74) is 0. The highest BCUT2D eigenvalue weighted by atomic mass is 31.2. The van der Waals surface area contributed by atoms with Crippen LogP contribution in [-0.4, -0.2) is 121 Å². The fourth-order valence-electron chi connectivity index (χ4n) is 3.25. The summed E-state index contributed by atoms with van der Waals surface area (Å²) < 4.78 is 31.2. The van der Waals surface area contributed by atoms with E-state index >= 15 is 0 Å². The minimum Gasteiger partial charge on any atom is -0.394 e. The van der Waals surface area contributed by atoms with Crippen LogP contribution in [0.15, 0.2) is 0 Å². The second kappa shape index (κ2) is 10.2. The fraction of sp³-hybridized carbons (Fsp3) is 0.929. The molecular formula is C14H26NO14P. The fourth-order valence-corrected chi connectivity index (χ4v) is 3.83. The van der Waals surface area contributed by atoms with Crippen molar-refractivity contribution in [1.29, 1.82) is 0 Å². The van der Waals surface area contributed by atoms with Crippen LogP contribution in [0.3, 0.4) is 0 Å². The molecule has 16 heteroatoms. The van der Waals surface area contributed by atoms with Crippen molar-refractivity contribution in [1.82, 2.24) is 5.32 Å². The summed E-state index contributed by atoms with van der Waals surface area (Å²) in [4.78, 5) is 29.2. The number of rotatable bonds is 7. The molecule has 0 aromatic rings. The molecule has 10 atom stereocenters.